The first kappa shape index (κ1) is 9.21. The maximum atomic E-state index is 4.35. The van der Waals surface area contributed by atoms with Gasteiger partial charge >= 0.3 is 0 Å². The summed E-state index contributed by atoms with van der Waals surface area (Å²) in [6.45, 7) is 0. The number of rotatable bonds is 2. The smallest absolute Gasteiger partial charge is 0.187 e. The number of hydrogen-bond donors (Lipinski definition) is 0. The molecule has 0 aliphatic rings. The van der Waals surface area contributed by atoms with Crippen molar-refractivity contribution < 1.29 is 0 Å². The third-order valence-corrected chi connectivity index (χ3v) is 2.35. The van der Waals surface area contributed by atoms with Crippen molar-refractivity contribution in [1.82, 2.24) is 19.5 Å². The van der Waals surface area contributed by atoms with Crippen molar-refractivity contribution in [2.75, 3.05) is 6.26 Å². The molecule has 0 fully saturated rings. The molecule has 0 aliphatic carbocycles. The van der Waals surface area contributed by atoms with E-state index in [-0.39, 0.29) is 0 Å². The van der Waals surface area contributed by atoms with Crippen molar-refractivity contribution in [2.24, 2.45) is 7.05 Å². The average molecular weight is 206 g/mol. The highest BCUT2D eigenvalue weighted by Gasteiger charge is 2.03. The van der Waals surface area contributed by atoms with Gasteiger partial charge in [0.1, 0.15) is 5.69 Å². The second kappa shape index (κ2) is 3.79. The summed E-state index contributed by atoms with van der Waals surface area (Å²) in [6, 6.07) is 1.86. The topological polar surface area (TPSA) is 43.6 Å². The monoisotopic (exact) mass is 206 g/mol. The highest BCUT2D eigenvalue weighted by molar-refractivity contribution is 7.98. The van der Waals surface area contributed by atoms with Gasteiger partial charge in [-0.05, 0) is 12.3 Å². The Hall–Kier alpha value is -1.36. The zero-order valence-corrected chi connectivity index (χ0v) is 8.82. The average Bonchev–Trinajstić information content (AvgIpc) is 2.65. The standard InChI is InChI=1S/C9H10N4S/c1-13-5-8(11-6-13)7-3-4-10-9(12-7)14-2/h3-6H,1-2H3. The Balaban J connectivity index is 2.41. The Morgan fingerprint density at radius 3 is 2.79 bits per heavy atom. The Labute approximate surface area is 86.4 Å². The normalized spacial score (nSPS) is 10.4. The molecule has 2 heterocycles. The van der Waals surface area contributed by atoms with Crippen LogP contribution in [0.5, 0.6) is 0 Å². The van der Waals surface area contributed by atoms with Crippen LogP contribution < -0.4 is 0 Å². The number of imidazole rings is 1. The fraction of sp³-hybridized carbons (Fsp3) is 0.222. The van der Waals surface area contributed by atoms with Crippen LogP contribution in [0.1, 0.15) is 0 Å². The molecule has 0 atom stereocenters. The summed E-state index contributed by atoms with van der Waals surface area (Å²) in [7, 11) is 1.94. The second-order valence-electron chi connectivity index (χ2n) is 2.85. The largest absolute Gasteiger partial charge is 0.340 e. The van der Waals surface area contributed by atoms with E-state index in [2.05, 4.69) is 15.0 Å². The predicted octanol–water partition coefficient (Wildman–Crippen LogP) is 1.60. The molecule has 2 rings (SSSR count). The molecular formula is C9H10N4S. The quantitative estimate of drug-likeness (QED) is 0.553. The van der Waals surface area contributed by atoms with Gasteiger partial charge < -0.3 is 4.57 Å². The van der Waals surface area contributed by atoms with Crippen LogP contribution in [-0.4, -0.2) is 25.8 Å². The van der Waals surface area contributed by atoms with E-state index < -0.39 is 0 Å². The SMILES string of the molecule is CSc1nccc(-c2cn(C)cn2)n1. The number of aromatic nitrogens is 4. The summed E-state index contributed by atoms with van der Waals surface area (Å²) in [5, 5.41) is 0.771. The third kappa shape index (κ3) is 1.77. The first-order valence-electron chi connectivity index (χ1n) is 4.15. The minimum Gasteiger partial charge on any atom is -0.340 e. The van der Waals surface area contributed by atoms with Gasteiger partial charge in [-0.1, -0.05) is 11.8 Å². The molecule has 0 N–H and O–H groups in total. The van der Waals surface area contributed by atoms with Crippen molar-refractivity contribution >= 4 is 11.8 Å². The Morgan fingerprint density at radius 1 is 1.29 bits per heavy atom. The lowest BCUT2D eigenvalue weighted by Crippen LogP contribution is -1.88. The molecule has 0 radical (unpaired) electrons. The maximum absolute atomic E-state index is 4.35. The molecule has 72 valence electrons. The van der Waals surface area contributed by atoms with Gasteiger partial charge in [-0.3, -0.25) is 0 Å². The van der Waals surface area contributed by atoms with Crippen LogP contribution in [0.4, 0.5) is 0 Å². The molecule has 5 heteroatoms. The summed E-state index contributed by atoms with van der Waals surface area (Å²) >= 11 is 1.53. The molecule has 0 aromatic carbocycles. The van der Waals surface area contributed by atoms with Gasteiger partial charge in [0.05, 0.1) is 12.0 Å². The lowest BCUT2D eigenvalue weighted by molar-refractivity contribution is 0.913. The van der Waals surface area contributed by atoms with E-state index in [1.54, 1.807) is 12.5 Å². The summed E-state index contributed by atoms with van der Waals surface area (Å²) in [5.74, 6) is 0. The Morgan fingerprint density at radius 2 is 2.14 bits per heavy atom. The van der Waals surface area contributed by atoms with E-state index >= 15 is 0 Å². The van der Waals surface area contributed by atoms with Gasteiger partial charge in [-0.25, -0.2) is 15.0 Å². The molecule has 2 aromatic heterocycles. The number of thioether (sulfide) groups is 1. The molecule has 0 bridgehead atoms. The summed E-state index contributed by atoms with van der Waals surface area (Å²) < 4.78 is 1.90. The highest BCUT2D eigenvalue weighted by Crippen LogP contribution is 2.16. The molecule has 0 unspecified atom stereocenters. The van der Waals surface area contributed by atoms with Gasteiger partial charge in [0.25, 0.3) is 0 Å². The number of aryl methyl sites for hydroxylation is 1. The van der Waals surface area contributed by atoms with Gasteiger partial charge in [-0.2, -0.15) is 0 Å². The molecular weight excluding hydrogens is 196 g/mol. The van der Waals surface area contributed by atoms with Crippen LogP contribution in [0.15, 0.2) is 29.9 Å². The van der Waals surface area contributed by atoms with Crippen LogP contribution in [0.25, 0.3) is 11.4 Å². The van der Waals surface area contributed by atoms with E-state index in [4.69, 9.17) is 0 Å². The minimum atomic E-state index is 0.771. The molecule has 14 heavy (non-hydrogen) atoms. The van der Waals surface area contributed by atoms with Crippen molar-refractivity contribution in [3.05, 3.63) is 24.8 Å². The molecule has 0 spiro atoms. The Bertz CT molecular complexity index is 438. The van der Waals surface area contributed by atoms with E-state index in [1.165, 1.54) is 11.8 Å². The van der Waals surface area contributed by atoms with E-state index in [0.29, 0.717) is 0 Å². The lowest BCUT2D eigenvalue weighted by atomic mass is 10.3. The van der Waals surface area contributed by atoms with Gasteiger partial charge in [0.2, 0.25) is 0 Å². The predicted molar refractivity (Wildman–Crippen MR) is 56.0 cm³/mol. The van der Waals surface area contributed by atoms with Crippen molar-refractivity contribution in [2.45, 2.75) is 5.16 Å². The maximum Gasteiger partial charge on any atom is 0.187 e. The molecule has 0 aliphatic heterocycles. The molecule has 2 aromatic rings. The first-order chi connectivity index (χ1) is 6.79. The first-order valence-corrected chi connectivity index (χ1v) is 5.37. The van der Waals surface area contributed by atoms with E-state index in [1.807, 2.05) is 30.1 Å². The highest BCUT2D eigenvalue weighted by atomic mass is 32.2. The lowest BCUT2D eigenvalue weighted by Gasteiger charge is -1.97. The Kier molecular flexibility index (Phi) is 2.49. The van der Waals surface area contributed by atoms with Crippen LogP contribution in [0, 0.1) is 0 Å². The zero-order valence-electron chi connectivity index (χ0n) is 8.01. The number of nitrogens with zero attached hydrogens (tertiary/aromatic N) is 4. The fourth-order valence-corrected chi connectivity index (χ4v) is 1.48. The summed E-state index contributed by atoms with van der Waals surface area (Å²) in [6.07, 6.45) is 7.41. The second-order valence-corrected chi connectivity index (χ2v) is 3.63. The van der Waals surface area contributed by atoms with Crippen LogP contribution in [0.3, 0.4) is 0 Å². The van der Waals surface area contributed by atoms with E-state index in [9.17, 15) is 0 Å². The molecule has 0 amide bonds. The molecule has 0 saturated heterocycles. The van der Waals surface area contributed by atoms with Gasteiger partial charge in [0.15, 0.2) is 5.16 Å². The van der Waals surface area contributed by atoms with Crippen LogP contribution >= 0.6 is 11.8 Å². The summed E-state index contributed by atoms with van der Waals surface area (Å²) in [4.78, 5) is 12.7. The fourth-order valence-electron chi connectivity index (χ4n) is 1.13. The van der Waals surface area contributed by atoms with Crippen molar-refractivity contribution in [1.29, 1.82) is 0 Å². The molecule has 0 saturated carbocycles. The van der Waals surface area contributed by atoms with E-state index in [0.717, 1.165) is 16.5 Å². The van der Waals surface area contributed by atoms with Gasteiger partial charge in [0, 0.05) is 19.4 Å². The van der Waals surface area contributed by atoms with Crippen LogP contribution in [0.2, 0.25) is 0 Å². The minimum absolute atomic E-state index is 0.771. The van der Waals surface area contributed by atoms with Crippen molar-refractivity contribution in [3.63, 3.8) is 0 Å². The summed E-state index contributed by atoms with van der Waals surface area (Å²) in [5.41, 5.74) is 1.75. The van der Waals surface area contributed by atoms with Crippen molar-refractivity contribution in [3.8, 4) is 11.4 Å². The zero-order chi connectivity index (χ0) is 9.97. The number of hydrogen-bond acceptors (Lipinski definition) is 4. The van der Waals surface area contributed by atoms with Gasteiger partial charge in [-0.15, -0.1) is 0 Å². The van der Waals surface area contributed by atoms with Crippen LogP contribution in [-0.2, 0) is 7.05 Å². The molecule has 4 nitrogen and oxygen atoms in total. The third-order valence-electron chi connectivity index (χ3n) is 1.78.